The molecule has 2 aliphatic rings. The number of carboxylic acids is 1. The van der Waals surface area contributed by atoms with E-state index in [9.17, 15) is 24.9 Å². The summed E-state index contributed by atoms with van der Waals surface area (Å²) in [6, 6.07) is 0. The summed E-state index contributed by atoms with van der Waals surface area (Å²) in [5.41, 5.74) is -1.15. The zero-order chi connectivity index (χ0) is 39.5. The summed E-state index contributed by atoms with van der Waals surface area (Å²) in [6.07, 6.45) is 41.9. The van der Waals surface area contributed by atoms with Crippen LogP contribution in [0.15, 0.2) is 24.3 Å². The highest BCUT2D eigenvalue weighted by Gasteiger charge is 2.43. The number of aliphatic carboxylic acids is 1. The maximum Gasteiger partial charge on any atom is 0.324 e. The molecule has 0 amide bonds. The van der Waals surface area contributed by atoms with Gasteiger partial charge in [0.15, 0.2) is 0 Å². The largest absolute Gasteiger partial charge is 0.480 e. The molecule has 0 aromatic carbocycles. The highest BCUT2D eigenvalue weighted by Crippen LogP contribution is 2.48. The topological polar surface area (TPSA) is 98.1 Å². The predicted octanol–water partition coefficient (Wildman–Crippen LogP) is 12.4. The molecular formula is C47H84ClNO5. The molecule has 2 saturated carbocycles. The predicted molar refractivity (Wildman–Crippen MR) is 228 cm³/mol. The fraction of sp³-hybridized carbons (Fsp3) is 0.872. The van der Waals surface area contributed by atoms with Gasteiger partial charge in [0.2, 0.25) is 0 Å². The highest BCUT2D eigenvalue weighted by atomic mass is 35.5. The molecule has 3 N–H and O–H groups in total. The molecule has 0 heterocycles. The summed E-state index contributed by atoms with van der Waals surface area (Å²) in [6.45, 7) is 5.11. The Labute approximate surface area is 337 Å². The van der Waals surface area contributed by atoms with Crippen LogP contribution in [-0.2, 0) is 9.59 Å². The Balaban J connectivity index is 1.62. The molecule has 2 rings (SSSR count). The van der Waals surface area contributed by atoms with Gasteiger partial charge in [-0.3, -0.25) is 9.69 Å². The summed E-state index contributed by atoms with van der Waals surface area (Å²) in [4.78, 5) is 26.2. The van der Waals surface area contributed by atoms with Crippen LogP contribution in [0.1, 0.15) is 206 Å². The SMILES string of the molecule is CCCCCCCCCCCCCCCCCCCCCCN(C)C(CC=O)(CCC=CC[C@@H]1[C@@H](C=CC[C@H](O)C2(CC)CCC2)[C@H](O)C[C@H]1Cl)C(=O)O. The number of halogens is 1. The van der Waals surface area contributed by atoms with Crippen molar-refractivity contribution in [3.63, 3.8) is 0 Å². The number of aldehydes is 1. The van der Waals surface area contributed by atoms with Gasteiger partial charge in [-0.25, -0.2) is 0 Å². The lowest BCUT2D eigenvalue weighted by atomic mass is 9.63. The molecule has 0 aromatic heterocycles. The number of alkyl halides is 1. The Morgan fingerprint density at radius 2 is 1.35 bits per heavy atom. The molecular weight excluding hydrogens is 694 g/mol. The van der Waals surface area contributed by atoms with E-state index >= 15 is 0 Å². The zero-order valence-corrected chi connectivity index (χ0v) is 35.9. The Hall–Kier alpha value is -1.21. The quantitative estimate of drug-likeness (QED) is 0.0257. The van der Waals surface area contributed by atoms with E-state index < -0.39 is 17.6 Å². The van der Waals surface area contributed by atoms with E-state index in [-0.39, 0.29) is 35.2 Å². The molecule has 0 aromatic rings. The fourth-order valence-corrected chi connectivity index (χ4v) is 9.74. The maximum atomic E-state index is 12.6. The molecule has 2 fully saturated rings. The number of hydrogen-bond acceptors (Lipinski definition) is 5. The van der Waals surface area contributed by atoms with E-state index in [0.29, 0.717) is 38.6 Å². The molecule has 6 nitrogen and oxygen atoms in total. The Morgan fingerprint density at radius 3 is 1.80 bits per heavy atom. The second-order valence-electron chi connectivity index (χ2n) is 17.4. The maximum absolute atomic E-state index is 12.6. The van der Waals surface area contributed by atoms with Gasteiger partial charge in [-0.05, 0) is 82.7 Å². The molecule has 2 aliphatic carbocycles. The van der Waals surface area contributed by atoms with Gasteiger partial charge in [-0.2, -0.15) is 0 Å². The third-order valence-corrected chi connectivity index (χ3v) is 14.0. The Kier molecular flexibility index (Phi) is 26.3. The summed E-state index contributed by atoms with van der Waals surface area (Å²) in [5.74, 6) is -0.916. The lowest BCUT2D eigenvalue weighted by Crippen LogP contribution is -2.53. The first kappa shape index (κ1) is 48.9. The van der Waals surface area contributed by atoms with Crippen molar-refractivity contribution in [1.82, 2.24) is 4.90 Å². The number of aliphatic hydroxyl groups excluding tert-OH is 2. The standard InChI is InChI=1S/C47H84ClNO5/c1-4-6-7-8-9-10-11-12-13-14-15-16-17-18-19-20-21-22-23-27-37-49(3)47(36-38-50,45(53)54)35-26-24-25-30-40-41(43(51)39-42(40)48)31-28-32-44(52)46(5-2)33-29-34-46/h24-25,28,31,38,40-44,51-52H,4-23,26-27,29-30,32-37,39H2,1-3H3,(H,53,54)/t40-,41-,42-,43-,44+,47?/m1/s1. The van der Waals surface area contributed by atoms with E-state index in [2.05, 4.69) is 26.0 Å². The van der Waals surface area contributed by atoms with Crippen molar-refractivity contribution in [1.29, 1.82) is 0 Å². The van der Waals surface area contributed by atoms with Crippen LogP contribution in [0.25, 0.3) is 0 Å². The summed E-state index contributed by atoms with van der Waals surface area (Å²) >= 11 is 6.70. The van der Waals surface area contributed by atoms with Crippen molar-refractivity contribution in [3.8, 4) is 0 Å². The second kappa shape index (κ2) is 29.1. The zero-order valence-electron chi connectivity index (χ0n) is 35.2. The number of aliphatic hydroxyl groups is 2. The van der Waals surface area contributed by atoms with Gasteiger partial charge in [-0.1, -0.05) is 167 Å². The minimum atomic E-state index is -1.21. The average molecular weight is 779 g/mol. The van der Waals surface area contributed by atoms with Crippen LogP contribution in [0.2, 0.25) is 0 Å². The first-order valence-corrected chi connectivity index (χ1v) is 23.3. The molecule has 1 unspecified atom stereocenters. The van der Waals surface area contributed by atoms with Gasteiger partial charge in [0.25, 0.3) is 0 Å². The van der Waals surface area contributed by atoms with Gasteiger partial charge < -0.3 is 20.1 Å². The van der Waals surface area contributed by atoms with Crippen LogP contribution >= 0.6 is 11.6 Å². The normalized spacial score (nSPS) is 22.9. The van der Waals surface area contributed by atoms with Gasteiger partial charge in [0, 0.05) is 17.7 Å². The number of unbranched alkanes of at least 4 members (excludes halogenated alkanes) is 19. The van der Waals surface area contributed by atoms with Crippen LogP contribution in [-0.4, -0.2) is 69.2 Å². The molecule has 0 bridgehead atoms. The molecule has 6 atom stereocenters. The smallest absolute Gasteiger partial charge is 0.324 e. The van der Waals surface area contributed by atoms with E-state index in [0.717, 1.165) is 38.4 Å². The van der Waals surface area contributed by atoms with Crippen LogP contribution in [0.3, 0.4) is 0 Å². The lowest BCUT2D eigenvalue weighted by Gasteiger charge is -2.45. The van der Waals surface area contributed by atoms with Crippen LogP contribution in [0, 0.1) is 17.3 Å². The molecule has 7 heteroatoms. The Bertz CT molecular complexity index is 1020. The number of carboxylic acid groups (broad SMARTS) is 1. The minimum Gasteiger partial charge on any atom is -0.480 e. The number of carbonyl (C=O) groups is 2. The second-order valence-corrected chi connectivity index (χ2v) is 18.0. The van der Waals surface area contributed by atoms with Crippen molar-refractivity contribution in [2.45, 2.75) is 230 Å². The molecule has 0 aliphatic heterocycles. The monoisotopic (exact) mass is 778 g/mol. The van der Waals surface area contributed by atoms with Crippen molar-refractivity contribution >= 4 is 23.9 Å². The van der Waals surface area contributed by atoms with Crippen molar-refractivity contribution in [3.05, 3.63) is 24.3 Å². The number of rotatable bonds is 35. The van der Waals surface area contributed by atoms with Crippen molar-refractivity contribution < 1.29 is 24.9 Å². The van der Waals surface area contributed by atoms with Gasteiger partial charge in [-0.15, -0.1) is 11.6 Å². The number of nitrogens with zero attached hydrogens (tertiary/aromatic N) is 1. The number of carbonyl (C=O) groups excluding carboxylic acids is 1. The molecule has 314 valence electrons. The van der Waals surface area contributed by atoms with Crippen molar-refractivity contribution in [2.75, 3.05) is 13.6 Å². The third-order valence-electron chi connectivity index (χ3n) is 13.5. The van der Waals surface area contributed by atoms with Gasteiger partial charge in [0.1, 0.15) is 11.8 Å². The summed E-state index contributed by atoms with van der Waals surface area (Å²) < 4.78 is 0. The average Bonchev–Trinajstić information content (AvgIpc) is 3.40. The first-order valence-electron chi connectivity index (χ1n) is 22.9. The Morgan fingerprint density at radius 1 is 0.833 bits per heavy atom. The summed E-state index contributed by atoms with van der Waals surface area (Å²) in [7, 11) is 1.86. The number of likely N-dealkylation sites (N-methyl/N-ethyl adjacent to an activating group) is 1. The summed E-state index contributed by atoms with van der Waals surface area (Å²) in [5, 5.41) is 31.8. The molecule has 0 radical (unpaired) electrons. The lowest BCUT2D eigenvalue weighted by molar-refractivity contribution is -0.153. The number of allylic oxidation sites excluding steroid dienone is 2. The van der Waals surface area contributed by atoms with E-state index in [1.54, 1.807) is 0 Å². The van der Waals surface area contributed by atoms with E-state index in [1.807, 2.05) is 24.1 Å². The van der Waals surface area contributed by atoms with E-state index in [4.69, 9.17) is 11.6 Å². The van der Waals surface area contributed by atoms with Crippen LogP contribution in [0.4, 0.5) is 0 Å². The van der Waals surface area contributed by atoms with Crippen LogP contribution < -0.4 is 0 Å². The van der Waals surface area contributed by atoms with Crippen LogP contribution in [0.5, 0.6) is 0 Å². The fourth-order valence-electron chi connectivity index (χ4n) is 9.29. The molecule has 0 spiro atoms. The number of hydrogen-bond donors (Lipinski definition) is 3. The highest BCUT2D eigenvalue weighted by molar-refractivity contribution is 6.21. The molecule has 0 saturated heterocycles. The van der Waals surface area contributed by atoms with E-state index in [1.165, 1.54) is 122 Å². The first-order chi connectivity index (χ1) is 26.2. The molecule has 54 heavy (non-hydrogen) atoms. The third kappa shape index (κ3) is 17.5. The minimum absolute atomic E-state index is 0.0253. The van der Waals surface area contributed by atoms with Crippen molar-refractivity contribution in [2.24, 2.45) is 17.3 Å². The van der Waals surface area contributed by atoms with Gasteiger partial charge >= 0.3 is 5.97 Å². The van der Waals surface area contributed by atoms with Gasteiger partial charge in [0.05, 0.1) is 12.2 Å².